The highest BCUT2D eigenvalue weighted by Gasteiger charge is 2.42. The van der Waals surface area contributed by atoms with Crippen LogP contribution in [0.1, 0.15) is 44.7 Å². The molecule has 8 nitrogen and oxygen atoms in total. The van der Waals surface area contributed by atoms with Gasteiger partial charge in [0, 0.05) is 37.1 Å². The first-order chi connectivity index (χ1) is 19.5. The minimum Gasteiger partial charge on any atom is -0.288 e. The normalized spacial score (nSPS) is 16.6. The summed E-state index contributed by atoms with van der Waals surface area (Å²) in [5.41, 5.74) is 3.08. The Bertz CT molecular complexity index is 1580. The van der Waals surface area contributed by atoms with Crippen molar-refractivity contribution in [2.24, 2.45) is 0 Å². The van der Waals surface area contributed by atoms with Gasteiger partial charge in [-0.1, -0.05) is 60.7 Å². The molecule has 0 N–H and O–H groups in total. The van der Waals surface area contributed by atoms with Gasteiger partial charge in [0.2, 0.25) is 11.8 Å². The highest BCUT2D eigenvalue weighted by molar-refractivity contribution is 6.33. The van der Waals surface area contributed by atoms with Gasteiger partial charge in [0.15, 0.2) is 11.6 Å². The van der Waals surface area contributed by atoms with Crippen LogP contribution >= 0.6 is 0 Å². The lowest BCUT2D eigenvalue weighted by Crippen LogP contribution is -2.43. The number of fused-ring (bicyclic) bond motifs is 2. The molecule has 0 spiro atoms. The van der Waals surface area contributed by atoms with E-state index < -0.39 is 0 Å². The van der Waals surface area contributed by atoms with Crippen molar-refractivity contribution in [1.82, 2.24) is 0 Å². The van der Waals surface area contributed by atoms with E-state index in [0.717, 1.165) is 11.4 Å². The van der Waals surface area contributed by atoms with Crippen molar-refractivity contribution in [3.63, 3.8) is 0 Å². The van der Waals surface area contributed by atoms with Gasteiger partial charge in [-0.2, -0.15) is 0 Å². The quantitative estimate of drug-likeness (QED) is 0.334. The topological polar surface area (TPSA) is 81.2 Å². The number of ketones is 2. The smallest absolute Gasteiger partial charge is 0.247 e. The van der Waals surface area contributed by atoms with Gasteiger partial charge in [0.1, 0.15) is 0 Å². The minimum absolute atomic E-state index is 0.130. The van der Waals surface area contributed by atoms with E-state index >= 15 is 0 Å². The largest absolute Gasteiger partial charge is 0.288 e. The summed E-state index contributed by atoms with van der Waals surface area (Å²) in [6.07, 6.45) is 0.521. The van der Waals surface area contributed by atoms with Crippen LogP contribution in [0.5, 0.6) is 0 Å². The van der Waals surface area contributed by atoms with Crippen molar-refractivity contribution in [3.8, 4) is 0 Å². The van der Waals surface area contributed by atoms with Crippen LogP contribution < -0.4 is 20.0 Å². The number of anilines is 4. The summed E-state index contributed by atoms with van der Waals surface area (Å²) < 4.78 is 0. The number of nitrogens with zero attached hydrogens (tertiary/aromatic N) is 4. The fraction of sp³-hybridized carbons (Fsp3) is 0.125. The zero-order valence-electron chi connectivity index (χ0n) is 21.5. The summed E-state index contributed by atoms with van der Waals surface area (Å²) in [7, 11) is 0. The lowest BCUT2D eigenvalue weighted by atomic mass is 9.82. The van der Waals surface area contributed by atoms with Gasteiger partial charge >= 0.3 is 0 Å². The number of rotatable bonds is 4. The van der Waals surface area contributed by atoms with Gasteiger partial charge in [0.25, 0.3) is 0 Å². The third kappa shape index (κ3) is 3.53. The third-order valence-corrected chi connectivity index (χ3v) is 7.63. The number of carbonyl (C=O) groups excluding carboxylic acids is 4. The number of hydrazine groups is 2. The lowest BCUT2D eigenvalue weighted by molar-refractivity contribution is -0.117. The molecule has 7 rings (SSSR count). The second-order valence-electron chi connectivity index (χ2n) is 9.89. The van der Waals surface area contributed by atoms with Gasteiger partial charge < -0.3 is 0 Å². The van der Waals surface area contributed by atoms with Crippen LogP contribution in [-0.4, -0.2) is 36.5 Å². The fourth-order valence-corrected chi connectivity index (χ4v) is 5.84. The summed E-state index contributed by atoms with van der Waals surface area (Å²) in [6, 6.07) is 29.0. The zero-order chi connectivity index (χ0) is 27.4. The Kier molecular flexibility index (Phi) is 5.48. The van der Waals surface area contributed by atoms with E-state index in [-0.39, 0.29) is 58.5 Å². The highest BCUT2D eigenvalue weighted by atomic mass is 16.2. The minimum atomic E-state index is -0.354. The average molecular weight is 529 g/mol. The summed E-state index contributed by atoms with van der Waals surface area (Å²) >= 11 is 0. The Morgan fingerprint density at radius 2 is 0.825 bits per heavy atom. The van der Waals surface area contributed by atoms with E-state index in [1.54, 1.807) is 36.4 Å². The molecule has 0 aromatic heterocycles. The molecule has 196 valence electrons. The number of hydrogen-bond donors (Lipinski definition) is 0. The first kappa shape index (κ1) is 23.8. The molecule has 8 heteroatoms. The van der Waals surface area contributed by atoms with Gasteiger partial charge in [-0.25, -0.2) is 10.0 Å². The lowest BCUT2D eigenvalue weighted by Gasteiger charge is -2.35. The monoisotopic (exact) mass is 528 g/mol. The predicted octanol–water partition coefficient (Wildman–Crippen LogP) is 4.78. The first-order valence-corrected chi connectivity index (χ1v) is 13.2. The Balaban J connectivity index is 1.45. The second-order valence-corrected chi connectivity index (χ2v) is 9.89. The van der Waals surface area contributed by atoms with Crippen LogP contribution in [0.25, 0.3) is 0 Å². The van der Waals surface area contributed by atoms with E-state index in [4.69, 9.17) is 0 Å². The standard InChI is InChI=1S/C32H24N4O4/c37-27-17-19-33(21-9-3-1-4-10-21)35(27)25-15-16-26(36-28(38)18-20-34(36)22-11-5-2-6-12-22)30-29(25)31(39)23-13-7-8-14-24(23)32(30)40/h1-16H,17-20H2. The summed E-state index contributed by atoms with van der Waals surface area (Å²) in [5.74, 6) is -1.07. The third-order valence-electron chi connectivity index (χ3n) is 7.63. The van der Waals surface area contributed by atoms with Crippen LogP contribution in [0.15, 0.2) is 97.1 Å². The van der Waals surface area contributed by atoms with Crippen molar-refractivity contribution in [3.05, 3.63) is 119 Å². The molecule has 2 aliphatic heterocycles. The van der Waals surface area contributed by atoms with Crippen molar-refractivity contribution < 1.29 is 19.2 Å². The first-order valence-electron chi connectivity index (χ1n) is 13.2. The molecule has 2 fully saturated rings. The number of para-hydroxylation sites is 2. The van der Waals surface area contributed by atoms with Gasteiger partial charge in [-0.05, 0) is 36.4 Å². The number of amides is 2. The Labute approximate surface area is 230 Å². The van der Waals surface area contributed by atoms with E-state index in [1.165, 1.54) is 10.0 Å². The SMILES string of the molecule is O=C1c2ccccc2C(=O)c2c(N3C(=O)CCN3c3ccccc3)ccc(N3C(=O)CCN3c3ccccc3)c21. The maximum atomic E-state index is 14.2. The fourth-order valence-electron chi connectivity index (χ4n) is 5.84. The molecule has 4 aromatic carbocycles. The van der Waals surface area contributed by atoms with E-state index in [2.05, 4.69) is 0 Å². The highest BCUT2D eigenvalue weighted by Crippen LogP contribution is 2.43. The molecule has 0 radical (unpaired) electrons. The van der Waals surface area contributed by atoms with E-state index in [9.17, 15) is 19.2 Å². The summed E-state index contributed by atoms with van der Waals surface area (Å²) in [4.78, 5) is 55.0. The second kappa shape index (κ2) is 9.20. The molecular weight excluding hydrogens is 504 g/mol. The molecule has 2 amide bonds. The molecule has 4 aromatic rings. The predicted molar refractivity (Wildman–Crippen MR) is 152 cm³/mol. The van der Waals surface area contributed by atoms with Crippen LogP contribution in [0.2, 0.25) is 0 Å². The van der Waals surface area contributed by atoms with Crippen LogP contribution in [0.3, 0.4) is 0 Å². The Hall–Kier alpha value is -5.24. The van der Waals surface area contributed by atoms with Crippen molar-refractivity contribution >= 4 is 46.1 Å². The van der Waals surface area contributed by atoms with Crippen LogP contribution in [-0.2, 0) is 9.59 Å². The maximum absolute atomic E-state index is 14.2. The van der Waals surface area contributed by atoms with Crippen LogP contribution in [0.4, 0.5) is 22.7 Å². The number of benzene rings is 4. The van der Waals surface area contributed by atoms with Gasteiger partial charge in [0.05, 0.1) is 33.9 Å². The molecule has 2 saturated heterocycles. The molecule has 2 heterocycles. The van der Waals surface area contributed by atoms with E-state index in [1.807, 2.05) is 70.7 Å². The molecule has 0 bridgehead atoms. The Morgan fingerprint density at radius 3 is 1.23 bits per heavy atom. The maximum Gasteiger partial charge on any atom is 0.247 e. The van der Waals surface area contributed by atoms with E-state index in [0.29, 0.717) is 24.5 Å². The molecule has 0 unspecified atom stereocenters. The summed E-state index contributed by atoms with van der Waals surface area (Å²) in [6.45, 7) is 0.870. The molecule has 40 heavy (non-hydrogen) atoms. The van der Waals surface area contributed by atoms with Crippen LogP contribution in [0, 0.1) is 0 Å². The van der Waals surface area contributed by atoms with Gasteiger partial charge in [-0.15, -0.1) is 0 Å². The summed E-state index contributed by atoms with van der Waals surface area (Å²) in [5, 5.41) is 6.65. The number of hydrogen-bond acceptors (Lipinski definition) is 6. The van der Waals surface area contributed by atoms with Crippen molar-refractivity contribution in [2.75, 3.05) is 33.1 Å². The zero-order valence-corrected chi connectivity index (χ0v) is 21.5. The van der Waals surface area contributed by atoms with Crippen molar-refractivity contribution in [2.45, 2.75) is 12.8 Å². The molecule has 0 saturated carbocycles. The van der Waals surface area contributed by atoms with Gasteiger partial charge in [-0.3, -0.25) is 29.2 Å². The molecule has 1 aliphatic carbocycles. The molecule has 3 aliphatic rings. The number of carbonyl (C=O) groups is 4. The van der Waals surface area contributed by atoms with Crippen molar-refractivity contribution in [1.29, 1.82) is 0 Å². The Morgan fingerprint density at radius 1 is 0.450 bits per heavy atom. The molecular formula is C32H24N4O4. The average Bonchev–Trinajstić information content (AvgIpc) is 3.58. The molecule has 0 atom stereocenters.